The van der Waals surface area contributed by atoms with Gasteiger partial charge in [-0.2, -0.15) is 5.06 Å². The Morgan fingerprint density at radius 3 is 3.00 bits per heavy atom. The van der Waals surface area contributed by atoms with Crippen LogP contribution in [0.5, 0.6) is 0 Å². The fraction of sp³-hybridized carbons (Fsp3) is 0.417. The summed E-state index contributed by atoms with van der Waals surface area (Å²) in [5.41, 5.74) is 1.46. The van der Waals surface area contributed by atoms with Gasteiger partial charge in [-0.15, -0.1) is 0 Å². The fourth-order valence-corrected chi connectivity index (χ4v) is 1.68. The van der Waals surface area contributed by atoms with Gasteiger partial charge in [-0.25, -0.2) is 0 Å². The van der Waals surface area contributed by atoms with Crippen LogP contribution in [0.3, 0.4) is 0 Å². The summed E-state index contributed by atoms with van der Waals surface area (Å²) in [6.07, 6.45) is 0.740. The number of nitrogens with zero attached hydrogens (tertiary/aromatic N) is 1. The van der Waals surface area contributed by atoms with Gasteiger partial charge >= 0.3 is 0 Å². The van der Waals surface area contributed by atoms with Gasteiger partial charge in [-0.05, 0) is 31.0 Å². The molecular formula is C12H15NO3. The Hall–Kier alpha value is -1.39. The molecule has 0 radical (unpaired) electrons. The van der Waals surface area contributed by atoms with E-state index in [2.05, 4.69) is 0 Å². The van der Waals surface area contributed by atoms with Crippen molar-refractivity contribution in [2.24, 2.45) is 0 Å². The molecule has 4 heteroatoms. The van der Waals surface area contributed by atoms with Crippen molar-refractivity contribution >= 4 is 11.6 Å². The van der Waals surface area contributed by atoms with Gasteiger partial charge in [0.15, 0.2) is 0 Å². The predicted octanol–water partition coefficient (Wildman–Crippen LogP) is 1.80. The molecule has 1 heterocycles. The van der Waals surface area contributed by atoms with Crippen LogP contribution in [0, 0.1) is 0 Å². The van der Waals surface area contributed by atoms with E-state index in [0.717, 1.165) is 12.0 Å². The van der Waals surface area contributed by atoms with E-state index in [1.54, 1.807) is 19.1 Å². The van der Waals surface area contributed by atoms with Crippen molar-refractivity contribution in [3.63, 3.8) is 0 Å². The smallest absolute Gasteiger partial charge is 0.250 e. The van der Waals surface area contributed by atoms with Gasteiger partial charge in [0.25, 0.3) is 5.91 Å². The van der Waals surface area contributed by atoms with E-state index in [1.165, 1.54) is 5.06 Å². The van der Waals surface area contributed by atoms with Gasteiger partial charge in [0.2, 0.25) is 0 Å². The van der Waals surface area contributed by atoms with Crippen molar-refractivity contribution in [1.82, 2.24) is 0 Å². The molecule has 0 aliphatic carbocycles. The maximum Gasteiger partial charge on any atom is 0.250 e. The summed E-state index contributed by atoms with van der Waals surface area (Å²) in [5.74, 6) is -0.0333. The number of amides is 1. The average Bonchev–Trinajstić information content (AvgIpc) is 2.30. The van der Waals surface area contributed by atoms with E-state index in [4.69, 9.17) is 4.84 Å². The van der Waals surface area contributed by atoms with Crippen LogP contribution in [0.1, 0.15) is 31.4 Å². The van der Waals surface area contributed by atoms with E-state index in [0.29, 0.717) is 18.7 Å². The van der Waals surface area contributed by atoms with Crippen molar-refractivity contribution in [1.29, 1.82) is 0 Å². The SMILES string of the molecule is CC(O)c1cccc(N2OCCCC2=O)c1. The standard InChI is InChI=1S/C12H15NO3/c1-9(14)10-4-2-5-11(8-10)13-12(15)6-3-7-16-13/h2,4-5,8-9,14H,3,6-7H2,1H3. The van der Waals surface area contributed by atoms with Gasteiger partial charge in [0.05, 0.1) is 18.4 Å². The lowest BCUT2D eigenvalue weighted by Crippen LogP contribution is -2.35. The molecule has 1 saturated heterocycles. The molecule has 2 rings (SSSR count). The number of hydrogen-bond donors (Lipinski definition) is 1. The maximum atomic E-state index is 11.6. The topological polar surface area (TPSA) is 49.8 Å². The van der Waals surface area contributed by atoms with Crippen molar-refractivity contribution < 1.29 is 14.7 Å². The Balaban J connectivity index is 2.25. The molecule has 86 valence electrons. The van der Waals surface area contributed by atoms with Gasteiger partial charge in [0, 0.05) is 6.42 Å². The summed E-state index contributed by atoms with van der Waals surface area (Å²) in [7, 11) is 0. The van der Waals surface area contributed by atoms with Gasteiger partial charge in [0.1, 0.15) is 0 Å². The molecule has 1 amide bonds. The van der Waals surface area contributed by atoms with E-state index >= 15 is 0 Å². The summed E-state index contributed by atoms with van der Waals surface area (Å²) in [6.45, 7) is 2.25. The molecular weight excluding hydrogens is 206 g/mol. The lowest BCUT2D eigenvalue weighted by molar-refractivity contribution is -0.129. The van der Waals surface area contributed by atoms with Crippen molar-refractivity contribution in [2.45, 2.75) is 25.9 Å². The molecule has 0 aromatic heterocycles. The fourth-order valence-electron chi connectivity index (χ4n) is 1.68. The van der Waals surface area contributed by atoms with Gasteiger partial charge in [-0.3, -0.25) is 9.63 Å². The first-order valence-electron chi connectivity index (χ1n) is 5.42. The minimum atomic E-state index is -0.542. The highest BCUT2D eigenvalue weighted by Gasteiger charge is 2.21. The van der Waals surface area contributed by atoms with Crippen LogP contribution in [0.4, 0.5) is 5.69 Å². The number of carbonyl (C=O) groups excluding carboxylic acids is 1. The number of rotatable bonds is 2. The Labute approximate surface area is 94.4 Å². The molecule has 1 aliphatic rings. The zero-order valence-corrected chi connectivity index (χ0v) is 9.22. The molecule has 0 saturated carbocycles. The Morgan fingerprint density at radius 1 is 1.50 bits per heavy atom. The van der Waals surface area contributed by atoms with Gasteiger partial charge in [-0.1, -0.05) is 12.1 Å². The summed E-state index contributed by atoms with van der Waals surface area (Å²) in [5, 5.41) is 10.8. The van der Waals surface area contributed by atoms with Crippen molar-refractivity contribution in [3.8, 4) is 0 Å². The first kappa shape index (κ1) is 11.1. The zero-order valence-electron chi connectivity index (χ0n) is 9.22. The Bertz CT molecular complexity index is 390. The van der Waals surface area contributed by atoms with Crippen molar-refractivity contribution in [2.75, 3.05) is 11.7 Å². The van der Waals surface area contributed by atoms with Crippen LogP contribution in [0.2, 0.25) is 0 Å². The Kier molecular flexibility index (Phi) is 3.22. The Morgan fingerprint density at radius 2 is 2.31 bits per heavy atom. The predicted molar refractivity (Wildman–Crippen MR) is 59.7 cm³/mol. The van der Waals surface area contributed by atoms with Crippen LogP contribution in [-0.2, 0) is 9.63 Å². The molecule has 0 bridgehead atoms. The molecule has 1 N–H and O–H groups in total. The van der Waals surface area contributed by atoms with E-state index in [1.807, 2.05) is 12.1 Å². The number of hydroxylamine groups is 1. The third-order valence-electron chi connectivity index (χ3n) is 2.57. The number of hydrogen-bond acceptors (Lipinski definition) is 3. The lowest BCUT2D eigenvalue weighted by Gasteiger charge is -2.26. The summed E-state index contributed by atoms with van der Waals surface area (Å²) >= 11 is 0. The second kappa shape index (κ2) is 4.63. The van der Waals surface area contributed by atoms with E-state index in [-0.39, 0.29) is 5.91 Å². The first-order valence-corrected chi connectivity index (χ1v) is 5.42. The highest BCUT2D eigenvalue weighted by atomic mass is 16.7. The summed E-state index contributed by atoms with van der Waals surface area (Å²) < 4.78 is 0. The van der Waals surface area contributed by atoms with E-state index in [9.17, 15) is 9.90 Å². The quantitative estimate of drug-likeness (QED) is 0.828. The third-order valence-corrected chi connectivity index (χ3v) is 2.57. The molecule has 1 atom stereocenters. The molecule has 1 aromatic rings. The van der Waals surface area contributed by atoms with Crippen LogP contribution in [0.15, 0.2) is 24.3 Å². The normalized spacial score (nSPS) is 18.6. The van der Waals surface area contributed by atoms with Gasteiger partial charge < -0.3 is 5.11 Å². The molecule has 1 aromatic carbocycles. The third kappa shape index (κ3) is 2.23. The summed E-state index contributed by atoms with van der Waals surface area (Å²) in [6, 6.07) is 7.20. The number of benzene rings is 1. The summed E-state index contributed by atoms with van der Waals surface area (Å²) in [4.78, 5) is 16.9. The van der Waals surface area contributed by atoms with Crippen LogP contribution < -0.4 is 5.06 Å². The molecule has 16 heavy (non-hydrogen) atoms. The second-order valence-corrected chi connectivity index (χ2v) is 3.90. The lowest BCUT2D eigenvalue weighted by atomic mass is 10.1. The minimum Gasteiger partial charge on any atom is -0.389 e. The molecule has 1 unspecified atom stereocenters. The highest BCUT2D eigenvalue weighted by molar-refractivity contribution is 5.91. The molecule has 0 spiro atoms. The number of anilines is 1. The largest absolute Gasteiger partial charge is 0.389 e. The van der Waals surface area contributed by atoms with Crippen LogP contribution >= 0.6 is 0 Å². The van der Waals surface area contributed by atoms with Crippen molar-refractivity contribution in [3.05, 3.63) is 29.8 Å². The number of carbonyl (C=O) groups is 1. The minimum absolute atomic E-state index is 0.0333. The van der Waals surface area contributed by atoms with Crippen LogP contribution in [-0.4, -0.2) is 17.6 Å². The van der Waals surface area contributed by atoms with E-state index < -0.39 is 6.10 Å². The molecule has 4 nitrogen and oxygen atoms in total. The highest BCUT2D eigenvalue weighted by Crippen LogP contribution is 2.23. The maximum absolute atomic E-state index is 11.6. The van der Waals surface area contributed by atoms with Crippen LogP contribution in [0.25, 0.3) is 0 Å². The molecule has 1 aliphatic heterocycles. The number of aliphatic hydroxyl groups excluding tert-OH is 1. The second-order valence-electron chi connectivity index (χ2n) is 3.90. The monoisotopic (exact) mass is 221 g/mol. The zero-order chi connectivity index (χ0) is 11.5. The number of aliphatic hydroxyl groups is 1. The first-order chi connectivity index (χ1) is 7.68. The average molecular weight is 221 g/mol. The molecule has 1 fully saturated rings.